The van der Waals surface area contributed by atoms with Gasteiger partial charge in [0.15, 0.2) is 0 Å². The minimum Gasteiger partial charge on any atom is -0.321 e. The van der Waals surface area contributed by atoms with Gasteiger partial charge in [-0.25, -0.2) is 0 Å². The maximum atomic E-state index is 6.82. The summed E-state index contributed by atoms with van der Waals surface area (Å²) in [6.45, 7) is 9.07. The molecule has 1 nitrogen and oxygen atoms in total. The predicted molar refractivity (Wildman–Crippen MR) is 83.2 cm³/mol. The number of rotatable bonds is 3. The zero-order chi connectivity index (χ0) is 14.0. The Balaban J connectivity index is 2.24. The lowest BCUT2D eigenvalue weighted by Gasteiger charge is -2.40. The highest BCUT2D eigenvalue weighted by Gasteiger charge is 2.35. The molecule has 1 aliphatic carbocycles. The van der Waals surface area contributed by atoms with Crippen molar-refractivity contribution in [2.45, 2.75) is 65.3 Å². The van der Waals surface area contributed by atoms with Crippen molar-refractivity contribution in [2.75, 3.05) is 0 Å². The Hall–Kier alpha value is -0.820. The molecular formula is C18H29N. The largest absolute Gasteiger partial charge is 0.321 e. The van der Waals surface area contributed by atoms with Crippen LogP contribution in [0.5, 0.6) is 0 Å². The summed E-state index contributed by atoms with van der Waals surface area (Å²) in [5.74, 6) is 1.59. The molecule has 1 aliphatic rings. The summed E-state index contributed by atoms with van der Waals surface area (Å²) in [4.78, 5) is 0. The third-order valence-corrected chi connectivity index (χ3v) is 4.83. The maximum Gasteiger partial charge on any atom is 0.0415 e. The van der Waals surface area contributed by atoms with E-state index in [0.717, 1.165) is 24.7 Å². The van der Waals surface area contributed by atoms with Gasteiger partial charge in [0.25, 0.3) is 0 Å². The van der Waals surface area contributed by atoms with Crippen molar-refractivity contribution in [3.63, 3.8) is 0 Å². The first-order valence-corrected chi connectivity index (χ1v) is 7.78. The van der Waals surface area contributed by atoms with Crippen LogP contribution in [0, 0.1) is 25.7 Å². The lowest BCUT2D eigenvalue weighted by Crippen LogP contribution is -2.42. The number of nitrogens with two attached hydrogens (primary N) is 1. The molecule has 1 aromatic rings. The van der Waals surface area contributed by atoms with Crippen LogP contribution in [0.2, 0.25) is 0 Å². The molecule has 106 valence electrons. The lowest BCUT2D eigenvalue weighted by atomic mass is 9.69. The topological polar surface area (TPSA) is 26.0 Å². The molecule has 2 N–H and O–H groups in total. The second kappa shape index (κ2) is 5.66. The molecule has 0 amide bonds. The van der Waals surface area contributed by atoms with E-state index in [0.29, 0.717) is 0 Å². The zero-order valence-corrected chi connectivity index (χ0v) is 13.0. The molecule has 19 heavy (non-hydrogen) atoms. The van der Waals surface area contributed by atoms with Crippen molar-refractivity contribution in [1.82, 2.24) is 0 Å². The Morgan fingerprint density at radius 3 is 2.74 bits per heavy atom. The normalized spacial score (nSPS) is 27.8. The van der Waals surface area contributed by atoms with Crippen LogP contribution in [0.4, 0.5) is 0 Å². The van der Waals surface area contributed by atoms with E-state index in [4.69, 9.17) is 5.73 Å². The van der Waals surface area contributed by atoms with E-state index >= 15 is 0 Å². The summed E-state index contributed by atoms with van der Waals surface area (Å²) in [5.41, 5.74) is 10.9. The second-order valence-corrected chi connectivity index (χ2v) is 7.00. The van der Waals surface area contributed by atoms with E-state index in [1.54, 1.807) is 0 Å². The number of hydrogen-bond acceptors (Lipinski definition) is 1. The van der Waals surface area contributed by atoms with Gasteiger partial charge in [0.2, 0.25) is 0 Å². The Morgan fingerprint density at radius 1 is 1.32 bits per heavy atom. The van der Waals surface area contributed by atoms with Gasteiger partial charge in [-0.05, 0) is 61.6 Å². The molecule has 2 atom stereocenters. The van der Waals surface area contributed by atoms with Gasteiger partial charge in [-0.2, -0.15) is 0 Å². The van der Waals surface area contributed by atoms with Crippen molar-refractivity contribution < 1.29 is 0 Å². The van der Waals surface area contributed by atoms with E-state index in [-0.39, 0.29) is 5.54 Å². The molecule has 0 bridgehead atoms. The highest BCUT2D eigenvalue weighted by atomic mass is 14.8. The first-order chi connectivity index (χ1) is 8.92. The maximum absolute atomic E-state index is 6.82. The van der Waals surface area contributed by atoms with Crippen LogP contribution < -0.4 is 5.73 Å². The van der Waals surface area contributed by atoms with E-state index < -0.39 is 0 Å². The highest BCUT2D eigenvalue weighted by molar-refractivity contribution is 5.38. The second-order valence-electron chi connectivity index (χ2n) is 7.00. The fourth-order valence-corrected chi connectivity index (χ4v) is 3.83. The van der Waals surface area contributed by atoms with Crippen LogP contribution in [-0.2, 0) is 5.54 Å². The first kappa shape index (κ1) is 14.6. The monoisotopic (exact) mass is 259 g/mol. The number of benzene rings is 1. The summed E-state index contributed by atoms with van der Waals surface area (Å²) in [6, 6.07) is 6.61. The standard InChI is InChI=1S/C18H29N/c1-13(2)11-16-8-6-10-18(19,12-16)17-9-5-7-14(3)15(17)4/h5,7,9,13,16H,6,8,10-12,19H2,1-4H3. The molecule has 0 heterocycles. The molecule has 0 aromatic heterocycles. The molecule has 0 saturated heterocycles. The zero-order valence-electron chi connectivity index (χ0n) is 13.0. The lowest BCUT2D eigenvalue weighted by molar-refractivity contribution is 0.202. The fourth-order valence-electron chi connectivity index (χ4n) is 3.83. The van der Waals surface area contributed by atoms with Crippen LogP contribution in [0.1, 0.15) is 62.6 Å². The summed E-state index contributed by atoms with van der Waals surface area (Å²) in [5, 5.41) is 0. The minimum absolute atomic E-state index is 0.0894. The van der Waals surface area contributed by atoms with Gasteiger partial charge in [0.1, 0.15) is 0 Å². The molecule has 1 saturated carbocycles. The van der Waals surface area contributed by atoms with Crippen LogP contribution in [0.3, 0.4) is 0 Å². The smallest absolute Gasteiger partial charge is 0.0415 e. The van der Waals surface area contributed by atoms with Gasteiger partial charge in [-0.3, -0.25) is 0 Å². The van der Waals surface area contributed by atoms with Gasteiger partial charge >= 0.3 is 0 Å². The molecule has 1 heteroatoms. The van der Waals surface area contributed by atoms with Crippen molar-refractivity contribution in [3.8, 4) is 0 Å². The SMILES string of the molecule is Cc1cccc(C2(N)CCCC(CC(C)C)C2)c1C. The van der Waals surface area contributed by atoms with Gasteiger partial charge in [0.05, 0.1) is 0 Å². The fraction of sp³-hybridized carbons (Fsp3) is 0.667. The molecule has 1 fully saturated rings. The Kier molecular flexibility index (Phi) is 4.35. The Bertz CT molecular complexity index is 435. The third-order valence-electron chi connectivity index (χ3n) is 4.83. The van der Waals surface area contributed by atoms with Crippen LogP contribution in [0.15, 0.2) is 18.2 Å². The van der Waals surface area contributed by atoms with E-state index in [1.807, 2.05) is 0 Å². The minimum atomic E-state index is -0.0894. The molecule has 1 aromatic carbocycles. The molecule has 2 rings (SSSR count). The van der Waals surface area contributed by atoms with Crippen molar-refractivity contribution in [1.29, 1.82) is 0 Å². The highest BCUT2D eigenvalue weighted by Crippen LogP contribution is 2.41. The predicted octanol–water partition coefficient (Wildman–Crippen LogP) is 4.69. The number of aryl methyl sites for hydroxylation is 1. The molecule has 0 aliphatic heterocycles. The Morgan fingerprint density at radius 2 is 2.05 bits per heavy atom. The van der Waals surface area contributed by atoms with Crippen molar-refractivity contribution in [2.24, 2.45) is 17.6 Å². The van der Waals surface area contributed by atoms with Crippen molar-refractivity contribution >= 4 is 0 Å². The average Bonchev–Trinajstić information content (AvgIpc) is 2.31. The molecule has 0 radical (unpaired) electrons. The van der Waals surface area contributed by atoms with E-state index in [2.05, 4.69) is 45.9 Å². The van der Waals surface area contributed by atoms with Crippen LogP contribution >= 0.6 is 0 Å². The summed E-state index contributed by atoms with van der Waals surface area (Å²) >= 11 is 0. The summed E-state index contributed by atoms with van der Waals surface area (Å²) in [7, 11) is 0. The summed E-state index contributed by atoms with van der Waals surface area (Å²) < 4.78 is 0. The van der Waals surface area contributed by atoms with E-state index in [9.17, 15) is 0 Å². The molecule has 2 unspecified atom stereocenters. The first-order valence-electron chi connectivity index (χ1n) is 7.78. The van der Waals surface area contributed by atoms with Gasteiger partial charge in [-0.15, -0.1) is 0 Å². The third kappa shape index (κ3) is 3.20. The Labute approximate surface area is 118 Å². The van der Waals surface area contributed by atoms with Gasteiger partial charge in [0, 0.05) is 5.54 Å². The van der Waals surface area contributed by atoms with E-state index in [1.165, 1.54) is 36.0 Å². The average molecular weight is 259 g/mol. The summed E-state index contributed by atoms with van der Waals surface area (Å²) in [6.07, 6.45) is 6.27. The molecule has 0 spiro atoms. The van der Waals surface area contributed by atoms with Crippen LogP contribution in [0.25, 0.3) is 0 Å². The quantitative estimate of drug-likeness (QED) is 0.837. The van der Waals surface area contributed by atoms with Gasteiger partial charge < -0.3 is 5.73 Å². The van der Waals surface area contributed by atoms with Gasteiger partial charge in [-0.1, -0.05) is 44.9 Å². The van der Waals surface area contributed by atoms with Crippen LogP contribution in [-0.4, -0.2) is 0 Å². The number of hydrogen-bond donors (Lipinski definition) is 1. The van der Waals surface area contributed by atoms with Crippen molar-refractivity contribution in [3.05, 3.63) is 34.9 Å². The molecular weight excluding hydrogens is 230 g/mol.